The van der Waals surface area contributed by atoms with E-state index < -0.39 is 0 Å². The molecule has 1 fully saturated rings. The Morgan fingerprint density at radius 2 is 1.71 bits per heavy atom. The quantitative estimate of drug-likeness (QED) is 0.313. The van der Waals surface area contributed by atoms with Crippen LogP contribution in [0.4, 0.5) is 5.69 Å². The molecule has 1 aromatic heterocycles. The topological polar surface area (TPSA) is 66.3 Å². The Labute approximate surface area is 212 Å². The SMILES string of the molecule is C[C@H](c1nnc(SCC(=O)NCCCN(C)c2ccccc2)n1-c1ccccc1)N1CCCCC1. The molecule has 0 radical (unpaired) electrons. The summed E-state index contributed by atoms with van der Waals surface area (Å²) >= 11 is 1.44. The molecule has 2 aromatic carbocycles. The molecule has 4 rings (SSSR count). The zero-order valence-electron chi connectivity index (χ0n) is 20.8. The highest BCUT2D eigenvalue weighted by molar-refractivity contribution is 7.99. The lowest BCUT2D eigenvalue weighted by Gasteiger charge is -2.31. The first-order chi connectivity index (χ1) is 17.1. The van der Waals surface area contributed by atoms with Gasteiger partial charge in [0.2, 0.25) is 5.91 Å². The van der Waals surface area contributed by atoms with E-state index in [2.05, 4.69) is 68.1 Å². The van der Waals surface area contributed by atoms with Crippen LogP contribution in [0.5, 0.6) is 0 Å². The van der Waals surface area contributed by atoms with Gasteiger partial charge in [-0.15, -0.1) is 10.2 Å². The molecular weight excluding hydrogens is 456 g/mol. The lowest BCUT2D eigenvalue weighted by Crippen LogP contribution is -2.33. The summed E-state index contributed by atoms with van der Waals surface area (Å²) in [5.74, 6) is 1.27. The number of carbonyl (C=O) groups is 1. The highest BCUT2D eigenvalue weighted by Gasteiger charge is 2.25. The second kappa shape index (κ2) is 12.7. The fourth-order valence-corrected chi connectivity index (χ4v) is 5.26. The highest BCUT2D eigenvalue weighted by atomic mass is 32.2. The van der Waals surface area contributed by atoms with Crippen LogP contribution in [0.2, 0.25) is 0 Å². The molecule has 186 valence electrons. The van der Waals surface area contributed by atoms with E-state index in [-0.39, 0.29) is 11.9 Å². The smallest absolute Gasteiger partial charge is 0.230 e. The van der Waals surface area contributed by atoms with E-state index in [9.17, 15) is 4.79 Å². The van der Waals surface area contributed by atoms with Crippen LogP contribution in [-0.2, 0) is 4.79 Å². The van der Waals surface area contributed by atoms with Crippen LogP contribution >= 0.6 is 11.8 Å². The van der Waals surface area contributed by atoms with E-state index in [1.165, 1.54) is 36.7 Å². The van der Waals surface area contributed by atoms with Crippen molar-refractivity contribution >= 4 is 23.4 Å². The minimum absolute atomic E-state index is 0.0191. The summed E-state index contributed by atoms with van der Waals surface area (Å²) in [5.41, 5.74) is 2.22. The van der Waals surface area contributed by atoms with Crippen molar-refractivity contribution in [3.8, 4) is 5.69 Å². The maximum atomic E-state index is 12.6. The summed E-state index contributed by atoms with van der Waals surface area (Å²) in [5, 5.41) is 12.9. The van der Waals surface area contributed by atoms with Gasteiger partial charge in [0.05, 0.1) is 11.8 Å². The van der Waals surface area contributed by atoms with Crippen LogP contribution < -0.4 is 10.2 Å². The average Bonchev–Trinajstić information content (AvgIpc) is 3.35. The van der Waals surface area contributed by atoms with Gasteiger partial charge < -0.3 is 10.2 Å². The van der Waals surface area contributed by atoms with E-state index in [0.717, 1.165) is 42.7 Å². The molecule has 35 heavy (non-hydrogen) atoms. The third kappa shape index (κ3) is 6.86. The minimum atomic E-state index is 0.0191. The van der Waals surface area contributed by atoms with Crippen molar-refractivity contribution in [2.24, 2.45) is 0 Å². The van der Waals surface area contributed by atoms with Crippen LogP contribution in [0.25, 0.3) is 5.69 Å². The first-order valence-corrected chi connectivity index (χ1v) is 13.5. The number of piperidine rings is 1. The maximum Gasteiger partial charge on any atom is 0.230 e. The van der Waals surface area contributed by atoms with Crippen molar-refractivity contribution in [1.29, 1.82) is 0 Å². The van der Waals surface area contributed by atoms with Crippen LogP contribution in [0.1, 0.15) is 44.5 Å². The summed E-state index contributed by atoms with van der Waals surface area (Å²) < 4.78 is 2.12. The summed E-state index contributed by atoms with van der Waals surface area (Å²) in [4.78, 5) is 17.2. The van der Waals surface area contributed by atoms with Crippen LogP contribution in [0.15, 0.2) is 65.8 Å². The number of carbonyl (C=O) groups excluding carboxylic acids is 1. The number of anilines is 1. The molecule has 1 N–H and O–H groups in total. The number of nitrogens with one attached hydrogen (secondary N) is 1. The van der Waals surface area contributed by atoms with Crippen molar-refractivity contribution in [2.45, 2.75) is 43.8 Å². The Morgan fingerprint density at radius 3 is 2.43 bits per heavy atom. The number of hydrogen-bond donors (Lipinski definition) is 1. The molecule has 0 unspecified atom stereocenters. The zero-order chi connectivity index (χ0) is 24.5. The van der Waals surface area contributed by atoms with Crippen molar-refractivity contribution in [3.63, 3.8) is 0 Å². The predicted molar refractivity (Wildman–Crippen MR) is 143 cm³/mol. The van der Waals surface area contributed by atoms with E-state index >= 15 is 0 Å². The van der Waals surface area contributed by atoms with Crippen LogP contribution in [-0.4, -0.2) is 64.6 Å². The molecule has 3 aromatic rings. The van der Waals surface area contributed by atoms with Crippen molar-refractivity contribution in [2.75, 3.05) is 43.9 Å². The number of para-hydroxylation sites is 2. The molecule has 0 spiro atoms. The van der Waals surface area contributed by atoms with Crippen molar-refractivity contribution in [1.82, 2.24) is 25.0 Å². The Balaban J connectivity index is 1.33. The van der Waals surface area contributed by atoms with Gasteiger partial charge in [-0.2, -0.15) is 0 Å². The molecule has 1 aliphatic heterocycles. The lowest BCUT2D eigenvalue weighted by molar-refractivity contribution is -0.118. The number of hydrogen-bond acceptors (Lipinski definition) is 6. The van der Waals surface area contributed by atoms with Gasteiger partial charge >= 0.3 is 0 Å². The minimum Gasteiger partial charge on any atom is -0.375 e. The van der Waals surface area contributed by atoms with E-state index in [1.54, 1.807) is 0 Å². The molecule has 2 heterocycles. The lowest BCUT2D eigenvalue weighted by atomic mass is 10.1. The Kier molecular flexibility index (Phi) is 9.20. The molecule has 1 atom stereocenters. The molecule has 8 heteroatoms. The summed E-state index contributed by atoms with van der Waals surface area (Å²) in [6, 6.07) is 20.7. The van der Waals surface area contributed by atoms with Gasteiger partial charge in [-0.25, -0.2) is 0 Å². The number of likely N-dealkylation sites (tertiary alicyclic amines) is 1. The second-order valence-corrected chi connectivity index (χ2v) is 9.98. The second-order valence-electron chi connectivity index (χ2n) is 9.03. The molecule has 1 amide bonds. The van der Waals surface area contributed by atoms with Gasteiger partial charge in [-0.3, -0.25) is 14.3 Å². The third-order valence-corrected chi connectivity index (χ3v) is 7.44. The zero-order valence-corrected chi connectivity index (χ0v) is 21.6. The Bertz CT molecular complexity index is 1050. The number of benzene rings is 2. The number of amides is 1. The van der Waals surface area contributed by atoms with E-state index in [1.807, 2.05) is 36.4 Å². The van der Waals surface area contributed by atoms with Crippen molar-refractivity contribution < 1.29 is 4.79 Å². The normalized spacial score (nSPS) is 15.0. The summed E-state index contributed by atoms with van der Waals surface area (Å²) in [6.07, 6.45) is 4.65. The number of thioether (sulfide) groups is 1. The molecule has 0 bridgehead atoms. The van der Waals surface area contributed by atoms with Gasteiger partial charge in [0, 0.05) is 31.5 Å². The molecule has 0 aliphatic carbocycles. The third-order valence-electron chi connectivity index (χ3n) is 6.51. The van der Waals surface area contributed by atoms with Gasteiger partial charge in [0.25, 0.3) is 0 Å². The molecule has 1 aliphatic rings. The molecule has 7 nitrogen and oxygen atoms in total. The van der Waals surface area contributed by atoms with Crippen molar-refractivity contribution in [3.05, 3.63) is 66.5 Å². The first-order valence-electron chi connectivity index (χ1n) is 12.5. The fraction of sp³-hybridized carbons (Fsp3) is 0.444. The van der Waals surface area contributed by atoms with Crippen LogP contribution in [0.3, 0.4) is 0 Å². The molecule has 0 saturated carbocycles. The summed E-state index contributed by atoms with van der Waals surface area (Å²) in [7, 11) is 2.08. The van der Waals surface area contributed by atoms with Gasteiger partial charge in [-0.1, -0.05) is 54.6 Å². The molecular formula is C27H36N6OS. The maximum absolute atomic E-state index is 12.6. The molecule has 1 saturated heterocycles. The van der Waals surface area contributed by atoms with E-state index in [0.29, 0.717) is 12.3 Å². The van der Waals surface area contributed by atoms with Crippen LogP contribution in [0, 0.1) is 0 Å². The largest absolute Gasteiger partial charge is 0.375 e. The number of nitrogens with zero attached hydrogens (tertiary/aromatic N) is 5. The number of aromatic nitrogens is 3. The van der Waals surface area contributed by atoms with Gasteiger partial charge in [0.1, 0.15) is 0 Å². The van der Waals surface area contributed by atoms with Gasteiger partial charge in [0.15, 0.2) is 11.0 Å². The van der Waals surface area contributed by atoms with E-state index in [4.69, 9.17) is 0 Å². The Hall–Kier alpha value is -2.84. The summed E-state index contributed by atoms with van der Waals surface area (Å²) in [6.45, 7) is 5.93. The predicted octanol–water partition coefficient (Wildman–Crippen LogP) is 4.55. The number of rotatable bonds is 11. The first kappa shape index (κ1) is 25.3. The average molecular weight is 493 g/mol. The monoisotopic (exact) mass is 492 g/mol. The van der Waals surface area contributed by atoms with Gasteiger partial charge in [-0.05, 0) is 63.5 Å². The highest BCUT2D eigenvalue weighted by Crippen LogP contribution is 2.29. The Morgan fingerprint density at radius 1 is 1.03 bits per heavy atom. The standard InChI is InChI=1S/C27H36N6OS/c1-22(32-19-10-5-11-20-32)26-29-30-27(33(26)24-15-8-4-9-16-24)35-21-25(34)28-17-12-18-31(2)23-13-6-3-7-14-23/h3-4,6-9,13-16,22H,5,10-12,17-21H2,1-2H3,(H,28,34)/t22-/m1/s1. The fourth-order valence-electron chi connectivity index (χ4n) is 4.47.